The molecule has 1 saturated heterocycles. The van der Waals surface area contributed by atoms with Gasteiger partial charge in [-0.1, -0.05) is 25.5 Å². The Bertz CT molecular complexity index is 556. The number of hydrogen-bond acceptors (Lipinski definition) is 3. The Hall–Kier alpha value is -1.02. The highest BCUT2D eigenvalue weighted by atomic mass is 127. The van der Waals surface area contributed by atoms with E-state index in [4.69, 9.17) is 9.73 Å². The van der Waals surface area contributed by atoms with Crippen molar-refractivity contribution < 1.29 is 4.74 Å². The number of nitrogens with zero attached hydrogens (tertiary/aromatic N) is 3. The van der Waals surface area contributed by atoms with E-state index in [1.54, 1.807) is 7.11 Å². The highest BCUT2D eigenvalue weighted by Crippen LogP contribution is 2.20. The molecule has 0 bridgehead atoms. The number of unbranched alkanes of at least 4 members (excludes halogenated alkanes) is 1. The summed E-state index contributed by atoms with van der Waals surface area (Å²) in [5.74, 6) is 2.69. The topological polar surface area (TPSA) is 40.1 Å². The quantitative estimate of drug-likeness (QED) is 0.312. The van der Waals surface area contributed by atoms with Gasteiger partial charge in [0.15, 0.2) is 5.96 Å². The second kappa shape index (κ2) is 14.0. The van der Waals surface area contributed by atoms with Crippen LogP contribution in [0.4, 0.5) is 0 Å². The molecule has 1 aromatic carbocycles. The fourth-order valence-electron chi connectivity index (χ4n) is 3.50. The SMILES string of the molecule is CCCCN(C)C(=NCC1CCN(Cc2ccc(OC)cc2)CC1)NCC.I. The molecular formula is C22H39IN4O. The molecule has 28 heavy (non-hydrogen) atoms. The van der Waals surface area contributed by atoms with E-state index >= 15 is 0 Å². The van der Waals surface area contributed by atoms with Crippen LogP contribution in [0.2, 0.25) is 0 Å². The van der Waals surface area contributed by atoms with Gasteiger partial charge >= 0.3 is 0 Å². The number of ether oxygens (including phenoxy) is 1. The number of likely N-dealkylation sites (tertiary alicyclic amines) is 1. The third kappa shape index (κ3) is 8.55. The van der Waals surface area contributed by atoms with Crippen LogP contribution < -0.4 is 10.1 Å². The number of halogens is 1. The van der Waals surface area contributed by atoms with Gasteiger partial charge in [-0.15, -0.1) is 24.0 Å². The standard InChI is InChI=1S/C22H38N4O.HI/c1-5-7-14-25(3)22(23-6-2)24-17-19-12-15-26(16-13-19)18-20-8-10-21(27-4)11-9-20;/h8-11,19H,5-7,12-18H2,1-4H3,(H,23,24);1H. The molecule has 0 saturated carbocycles. The Balaban J connectivity index is 0.00000392. The highest BCUT2D eigenvalue weighted by Gasteiger charge is 2.19. The Kier molecular flexibility index (Phi) is 12.5. The summed E-state index contributed by atoms with van der Waals surface area (Å²) in [5.41, 5.74) is 1.36. The third-order valence-electron chi connectivity index (χ3n) is 5.32. The molecule has 0 spiro atoms. The zero-order chi connectivity index (χ0) is 19.5. The van der Waals surface area contributed by atoms with Gasteiger partial charge in [0.25, 0.3) is 0 Å². The van der Waals surface area contributed by atoms with Crippen molar-refractivity contribution in [1.82, 2.24) is 15.1 Å². The molecule has 6 heteroatoms. The predicted molar refractivity (Wildman–Crippen MR) is 130 cm³/mol. The zero-order valence-electron chi connectivity index (χ0n) is 18.1. The minimum atomic E-state index is 0. The normalized spacial score (nSPS) is 15.8. The molecule has 1 aromatic rings. The molecule has 0 atom stereocenters. The van der Waals surface area contributed by atoms with Crippen molar-refractivity contribution in [2.75, 3.05) is 46.9 Å². The maximum absolute atomic E-state index is 5.24. The second-order valence-corrected chi connectivity index (χ2v) is 7.54. The first-order valence-corrected chi connectivity index (χ1v) is 10.5. The first-order chi connectivity index (χ1) is 13.2. The van der Waals surface area contributed by atoms with E-state index < -0.39 is 0 Å². The number of nitrogens with one attached hydrogen (secondary N) is 1. The summed E-state index contributed by atoms with van der Waals surface area (Å²) in [4.78, 5) is 9.74. The predicted octanol–water partition coefficient (Wildman–Crippen LogP) is 4.22. The summed E-state index contributed by atoms with van der Waals surface area (Å²) in [6, 6.07) is 8.44. The molecule has 0 radical (unpaired) electrons. The number of methoxy groups -OCH3 is 1. The van der Waals surface area contributed by atoms with Crippen molar-refractivity contribution in [2.45, 2.75) is 46.1 Å². The van der Waals surface area contributed by atoms with Gasteiger partial charge in [-0.05, 0) is 62.9 Å². The van der Waals surface area contributed by atoms with Gasteiger partial charge in [-0.25, -0.2) is 0 Å². The lowest BCUT2D eigenvalue weighted by Gasteiger charge is -2.31. The number of hydrogen-bond donors (Lipinski definition) is 1. The summed E-state index contributed by atoms with van der Waals surface area (Å²) in [7, 11) is 3.86. The summed E-state index contributed by atoms with van der Waals surface area (Å²) >= 11 is 0. The molecule has 1 aliphatic rings. The van der Waals surface area contributed by atoms with Crippen molar-refractivity contribution in [2.24, 2.45) is 10.9 Å². The van der Waals surface area contributed by atoms with Gasteiger partial charge in [0.05, 0.1) is 7.11 Å². The summed E-state index contributed by atoms with van der Waals surface area (Å²) < 4.78 is 5.24. The molecule has 0 aliphatic carbocycles. The van der Waals surface area contributed by atoms with E-state index in [0.717, 1.165) is 51.0 Å². The molecule has 1 fully saturated rings. The monoisotopic (exact) mass is 502 g/mol. The van der Waals surface area contributed by atoms with Crippen LogP contribution in [0.3, 0.4) is 0 Å². The average molecular weight is 502 g/mol. The van der Waals surface area contributed by atoms with Gasteiger partial charge in [-0.2, -0.15) is 0 Å². The lowest BCUT2D eigenvalue weighted by molar-refractivity contribution is 0.180. The molecule has 1 heterocycles. The van der Waals surface area contributed by atoms with Gasteiger partial charge in [0, 0.05) is 33.2 Å². The summed E-state index contributed by atoms with van der Waals surface area (Å²) in [6.07, 6.45) is 4.90. The molecule has 0 unspecified atom stereocenters. The Morgan fingerprint density at radius 3 is 2.46 bits per heavy atom. The van der Waals surface area contributed by atoms with Crippen molar-refractivity contribution in [3.63, 3.8) is 0 Å². The highest BCUT2D eigenvalue weighted by molar-refractivity contribution is 14.0. The molecule has 0 amide bonds. The van der Waals surface area contributed by atoms with E-state index in [9.17, 15) is 0 Å². The molecule has 160 valence electrons. The number of rotatable bonds is 9. The largest absolute Gasteiger partial charge is 0.497 e. The molecule has 1 aliphatic heterocycles. The third-order valence-corrected chi connectivity index (χ3v) is 5.32. The van der Waals surface area contributed by atoms with E-state index in [2.05, 4.69) is 48.1 Å². The first-order valence-electron chi connectivity index (χ1n) is 10.5. The maximum atomic E-state index is 5.24. The van der Waals surface area contributed by atoms with Crippen LogP contribution in [0.25, 0.3) is 0 Å². The lowest BCUT2D eigenvalue weighted by Crippen LogP contribution is -2.40. The van der Waals surface area contributed by atoms with Crippen molar-refractivity contribution in [1.29, 1.82) is 0 Å². The van der Waals surface area contributed by atoms with Crippen molar-refractivity contribution in [3.05, 3.63) is 29.8 Å². The van der Waals surface area contributed by atoms with Gasteiger partial charge < -0.3 is 15.0 Å². The van der Waals surface area contributed by atoms with Crippen LogP contribution in [-0.4, -0.2) is 62.6 Å². The van der Waals surface area contributed by atoms with Crippen molar-refractivity contribution in [3.8, 4) is 5.75 Å². The van der Waals surface area contributed by atoms with E-state index in [0.29, 0.717) is 5.92 Å². The molecule has 5 nitrogen and oxygen atoms in total. The smallest absolute Gasteiger partial charge is 0.193 e. The number of piperidine rings is 1. The molecule has 0 aromatic heterocycles. The van der Waals surface area contributed by atoms with Gasteiger partial charge in [-0.3, -0.25) is 9.89 Å². The maximum Gasteiger partial charge on any atom is 0.193 e. The summed E-state index contributed by atoms with van der Waals surface area (Å²) in [6.45, 7) is 10.7. The number of guanidine groups is 1. The van der Waals surface area contributed by atoms with Crippen LogP contribution in [-0.2, 0) is 6.54 Å². The van der Waals surface area contributed by atoms with Crippen LogP contribution in [0.1, 0.15) is 45.1 Å². The molecule has 2 rings (SSSR count). The summed E-state index contributed by atoms with van der Waals surface area (Å²) in [5, 5.41) is 3.44. The van der Waals surface area contributed by atoms with Crippen LogP contribution in [0.5, 0.6) is 5.75 Å². The van der Waals surface area contributed by atoms with Gasteiger partial charge in [0.2, 0.25) is 0 Å². The average Bonchev–Trinajstić information content (AvgIpc) is 2.71. The van der Waals surface area contributed by atoms with E-state index in [1.165, 1.54) is 31.2 Å². The van der Waals surface area contributed by atoms with Crippen LogP contribution in [0, 0.1) is 5.92 Å². The minimum absolute atomic E-state index is 0. The van der Waals surface area contributed by atoms with Crippen molar-refractivity contribution >= 4 is 29.9 Å². The fraction of sp³-hybridized carbons (Fsp3) is 0.682. The second-order valence-electron chi connectivity index (χ2n) is 7.54. The minimum Gasteiger partial charge on any atom is -0.497 e. The number of aliphatic imine (C=N–C) groups is 1. The Labute approximate surface area is 188 Å². The first kappa shape index (κ1) is 25.0. The van der Waals surface area contributed by atoms with Gasteiger partial charge in [0.1, 0.15) is 5.75 Å². The molecule has 1 N–H and O–H groups in total. The van der Waals surface area contributed by atoms with E-state index in [-0.39, 0.29) is 24.0 Å². The Morgan fingerprint density at radius 2 is 1.89 bits per heavy atom. The van der Waals surface area contributed by atoms with Crippen LogP contribution in [0.15, 0.2) is 29.3 Å². The number of benzene rings is 1. The van der Waals surface area contributed by atoms with E-state index in [1.807, 2.05) is 12.1 Å². The molecular weight excluding hydrogens is 463 g/mol. The lowest BCUT2D eigenvalue weighted by atomic mass is 9.96. The van der Waals surface area contributed by atoms with Crippen LogP contribution >= 0.6 is 24.0 Å². The Morgan fingerprint density at radius 1 is 1.21 bits per heavy atom. The fourth-order valence-corrected chi connectivity index (χ4v) is 3.50. The zero-order valence-corrected chi connectivity index (χ0v) is 20.4.